The Morgan fingerprint density at radius 2 is 2.05 bits per heavy atom. The van der Waals surface area contributed by atoms with Crippen LogP contribution >= 0.6 is 0 Å². The molecule has 0 spiro atoms. The highest BCUT2D eigenvalue weighted by atomic mass is 16.5. The van der Waals surface area contributed by atoms with E-state index in [1.807, 2.05) is 32.0 Å². The molecule has 0 saturated carbocycles. The van der Waals surface area contributed by atoms with E-state index in [1.54, 1.807) is 20.1 Å². The first-order valence-electron chi connectivity index (χ1n) is 6.73. The number of nitrogens with one attached hydrogen (secondary N) is 1. The Hall–Kier alpha value is -2.28. The molecule has 0 aliphatic carbocycles. The van der Waals surface area contributed by atoms with Crippen molar-refractivity contribution in [2.45, 2.75) is 27.2 Å². The fraction of sp³-hybridized carbons (Fsp3) is 0.375. The second-order valence-electron chi connectivity index (χ2n) is 4.31. The molecule has 20 heavy (non-hydrogen) atoms. The predicted molar refractivity (Wildman–Crippen MR) is 80.9 cm³/mol. The summed E-state index contributed by atoms with van der Waals surface area (Å²) in [4.78, 5) is 14.7. The van der Waals surface area contributed by atoms with Crippen LogP contribution in [0.25, 0.3) is 10.9 Å². The number of methoxy groups -OCH3 is 1. The predicted octanol–water partition coefficient (Wildman–Crippen LogP) is 3.27. The standard InChI is InChI=1S/C14H14N2O2.C2H6/c1-9(8-15)5-11-6-10-7-12(18-2)3-4-13(10)16-14(11)17;1-2/h3-4,6-7,9H,5H2,1-2H3,(H,16,17);1-2H3. The van der Waals surface area contributed by atoms with E-state index in [9.17, 15) is 4.79 Å². The maximum absolute atomic E-state index is 11.8. The highest BCUT2D eigenvalue weighted by Gasteiger charge is 2.08. The zero-order valence-electron chi connectivity index (χ0n) is 12.4. The first-order valence-corrected chi connectivity index (χ1v) is 6.73. The van der Waals surface area contributed by atoms with Crippen LogP contribution in [0.3, 0.4) is 0 Å². The van der Waals surface area contributed by atoms with Gasteiger partial charge in [0.15, 0.2) is 0 Å². The van der Waals surface area contributed by atoms with Crippen molar-refractivity contribution in [2.24, 2.45) is 5.92 Å². The largest absolute Gasteiger partial charge is 0.497 e. The molecule has 1 aromatic carbocycles. The molecule has 4 heteroatoms. The number of fused-ring (bicyclic) bond motifs is 1. The van der Waals surface area contributed by atoms with Gasteiger partial charge in [-0.25, -0.2) is 0 Å². The zero-order valence-corrected chi connectivity index (χ0v) is 12.4. The summed E-state index contributed by atoms with van der Waals surface area (Å²) >= 11 is 0. The van der Waals surface area contributed by atoms with Gasteiger partial charge in [0.25, 0.3) is 5.56 Å². The molecule has 1 atom stereocenters. The Bertz CT molecular complexity index is 668. The van der Waals surface area contributed by atoms with Gasteiger partial charge < -0.3 is 9.72 Å². The minimum absolute atomic E-state index is 0.130. The Kier molecular flexibility index (Phi) is 5.79. The number of nitrogens with zero attached hydrogens (tertiary/aromatic N) is 1. The monoisotopic (exact) mass is 272 g/mol. The van der Waals surface area contributed by atoms with E-state index in [-0.39, 0.29) is 11.5 Å². The summed E-state index contributed by atoms with van der Waals surface area (Å²) in [7, 11) is 1.60. The number of benzene rings is 1. The van der Waals surface area contributed by atoms with E-state index >= 15 is 0 Å². The van der Waals surface area contributed by atoms with Crippen molar-refractivity contribution in [3.63, 3.8) is 0 Å². The summed E-state index contributed by atoms with van der Waals surface area (Å²) in [5.74, 6) is 0.572. The lowest BCUT2D eigenvalue weighted by molar-refractivity contribution is 0.415. The third-order valence-electron chi connectivity index (χ3n) is 2.87. The maximum atomic E-state index is 11.8. The van der Waals surface area contributed by atoms with Crippen LogP contribution in [0.2, 0.25) is 0 Å². The summed E-state index contributed by atoms with van der Waals surface area (Å²) in [5.41, 5.74) is 1.27. The van der Waals surface area contributed by atoms with Crippen molar-refractivity contribution in [1.82, 2.24) is 4.98 Å². The van der Waals surface area contributed by atoms with E-state index in [1.165, 1.54) is 0 Å². The molecule has 106 valence electrons. The Morgan fingerprint density at radius 3 is 2.65 bits per heavy atom. The van der Waals surface area contributed by atoms with Gasteiger partial charge in [-0.3, -0.25) is 4.79 Å². The Labute approximate surface area is 119 Å². The first-order chi connectivity index (χ1) is 9.63. The second kappa shape index (κ2) is 7.34. The molecule has 0 radical (unpaired) electrons. The third kappa shape index (κ3) is 3.61. The number of aromatic nitrogens is 1. The molecule has 0 bridgehead atoms. The number of hydrogen-bond donors (Lipinski definition) is 1. The molecule has 2 aromatic rings. The zero-order chi connectivity index (χ0) is 15.1. The van der Waals surface area contributed by atoms with Crippen LogP contribution < -0.4 is 10.3 Å². The highest BCUT2D eigenvalue weighted by Crippen LogP contribution is 2.19. The summed E-state index contributed by atoms with van der Waals surface area (Å²) in [6.07, 6.45) is 0.457. The molecule has 1 unspecified atom stereocenters. The van der Waals surface area contributed by atoms with Crippen molar-refractivity contribution in [2.75, 3.05) is 7.11 Å². The molecule has 1 heterocycles. The normalized spacial score (nSPS) is 11.2. The van der Waals surface area contributed by atoms with Crippen LogP contribution in [0.5, 0.6) is 5.75 Å². The molecule has 4 nitrogen and oxygen atoms in total. The van der Waals surface area contributed by atoms with Crippen molar-refractivity contribution >= 4 is 10.9 Å². The molecule has 0 saturated heterocycles. The average molecular weight is 272 g/mol. The lowest BCUT2D eigenvalue weighted by Gasteiger charge is -2.06. The van der Waals surface area contributed by atoms with E-state index in [0.29, 0.717) is 12.0 Å². The van der Waals surface area contributed by atoms with Gasteiger partial charge in [-0.1, -0.05) is 13.8 Å². The number of ether oxygens (including phenoxy) is 1. The minimum Gasteiger partial charge on any atom is -0.497 e. The highest BCUT2D eigenvalue weighted by molar-refractivity contribution is 5.80. The van der Waals surface area contributed by atoms with Crippen molar-refractivity contribution in [3.05, 3.63) is 40.2 Å². The van der Waals surface area contributed by atoms with Crippen LogP contribution in [0.1, 0.15) is 26.3 Å². The smallest absolute Gasteiger partial charge is 0.251 e. The van der Waals surface area contributed by atoms with Crippen molar-refractivity contribution in [3.8, 4) is 11.8 Å². The minimum atomic E-state index is -0.172. The van der Waals surface area contributed by atoms with Crippen molar-refractivity contribution < 1.29 is 4.74 Å². The van der Waals surface area contributed by atoms with Gasteiger partial charge in [-0.05, 0) is 37.6 Å². The van der Waals surface area contributed by atoms with Gasteiger partial charge >= 0.3 is 0 Å². The van der Waals surface area contributed by atoms with Gasteiger partial charge in [0, 0.05) is 22.4 Å². The van der Waals surface area contributed by atoms with Crippen LogP contribution in [-0.4, -0.2) is 12.1 Å². The SMILES string of the molecule is CC.COc1ccc2[nH]c(=O)c(CC(C)C#N)cc2c1. The lowest BCUT2D eigenvalue weighted by Crippen LogP contribution is -2.14. The quantitative estimate of drug-likeness (QED) is 0.932. The molecule has 0 aliphatic heterocycles. The summed E-state index contributed by atoms with van der Waals surface area (Å²) in [6.45, 7) is 5.80. The number of H-pyrrole nitrogens is 1. The topological polar surface area (TPSA) is 65.9 Å². The molecule has 0 aliphatic rings. The van der Waals surface area contributed by atoms with Crippen LogP contribution in [0, 0.1) is 17.2 Å². The Morgan fingerprint density at radius 1 is 1.35 bits per heavy atom. The van der Waals surface area contributed by atoms with E-state index in [2.05, 4.69) is 11.1 Å². The molecule has 0 fully saturated rings. The van der Waals surface area contributed by atoms with Gasteiger partial charge in [0.1, 0.15) is 5.75 Å². The summed E-state index contributed by atoms with van der Waals surface area (Å²) < 4.78 is 5.15. The van der Waals surface area contributed by atoms with Crippen LogP contribution in [0.15, 0.2) is 29.1 Å². The lowest BCUT2D eigenvalue weighted by atomic mass is 10.0. The Balaban J connectivity index is 0.000000956. The second-order valence-corrected chi connectivity index (χ2v) is 4.31. The van der Waals surface area contributed by atoms with Crippen LogP contribution in [0.4, 0.5) is 0 Å². The van der Waals surface area contributed by atoms with E-state index in [0.717, 1.165) is 16.7 Å². The fourth-order valence-corrected chi connectivity index (χ4v) is 1.88. The number of rotatable bonds is 3. The molecule has 0 amide bonds. The fourth-order valence-electron chi connectivity index (χ4n) is 1.88. The summed E-state index contributed by atoms with van der Waals surface area (Å²) in [5, 5.41) is 9.71. The van der Waals surface area contributed by atoms with Gasteiger partial charge in [-0.15, -0.1) is 0 Å². The average Bonchev–Trinajstić information content (AvgIpc) is 2.49. The number of pyridine rings is 1. The van der Waals surface area contributed by atoms with Gasteiger partial charge in [0.05, 0.1) is 13.2 Å². The van der Waals surface area contributed by atoms with Gasteiger partial charge in [-0.2, -0.15) is 5.26 Å². The number of nitriles is 1. The first kappa shape index (κ1) is 15.8. The molecule has 2 rings (SSSR count). The number of hydrogen-bond acceptors (Lipinski definition) is 3. The molecule has 1 aromatic heterocycles. The summed E-state index contributed by atoms with van der Waals surface area (Å²) in [6, 6.07) is 9.44. The maximum Gasteiger partial charge on any atom is 0.251 e. The van der Waals surface area contributed by atoms with Gasteiger partial charge in [0.2, 0.25) is 0 Å². The molecular formula is C16H20N2O2. The van der Waals surface area contributed by atoms with E-state index < -0.39 is 0 Å². The van der Waals surface area contributed by atoms with Crippen molar-refractivity contribution in [1.29, 1.82) is 5.26 Å². The third-order valence-corrected chi connectivity index (χ3v) is 2.87. The molecule has 1 N–H and O–H groups in total. The van der Waals surface area contributed by atoms with Crippen LogP contribution in [-0.2, 0) is 6.42 Å². The van der Waals surface area contributed by atoms with E-state index in [4.69, 9.17) is 10.00 Å². The molecular weight excluding hydrogens is 252 g/mol. The number of aromatic amines is 1.